The van der Waals surface area contributed by atoms with E-state index in [0.29, 0.717) is 43.1 Å². The summed E-state index contributed by atoms with van der Waals surface area (Å²) in [7, 11) is 3.39. The quantitative estimate of drug-likeness (QED) is 0.135. The molecule has 5 heterocycles. The fourth-order valence-electron chi connectivity index (χ4n) is 11.7. The second-order valence-corrected chi connectivity index (χ2v) is 20.0. The smallest absolute Gasteiger partial charge is 0.340 e. The summed E-state index contributed by atoms with van der Waals surface area (Å²) in [5.74, 6) is 0.714. The summed E-state index contributed by atoms with van der Waals surface area (Å²) >= 11 is 0. The van der Waals surface area contributed by atoms with Crippen LogP contribution >= 0.6 is 21.6 Å². The maximum absolute atomic E-state index is 14.8. The second-order valence-electron chi connectivity index (χ2n) is 17.5. The molecule has 11 nitrogen and oxygen atoms in total. The van der Waals surface area contributed by atoms with Crippen LogP contribution in [0.1, 0.15) is 85.0 Å². The number of hydrogen-bond acceptors (Lipinski definition) is 12. The van der Waals surface area contributed by atoms with Crippen molar-refractivity contribution >= 4 is 45.3 Å². The standard InChI is InChI=1S/C44H54N4O7S2/c1-4-43(15-5-6-16-43)20-31-29-9-8-28-27-13-17-44(38(28)37(29)41(52)54-31)32-10-7-24(2)40(46-21-25(3)49)57-56-23-47-33-19-26(14-18-45-33)30(36(27)39(44)42(53)55-32)22-48-34(50)11-12-35(48)51/h10-12,14,19-20,24-25,27-28,30,38,40,45-47,49H,4-9,13,15-18,21-23H2,1-3H3. The molecule has 2 amide bonds. The third-order valence-electron chi connectivity index (χ3n) is 14.4. The molecule has 7 bridgehead atoms. The van der Waals surface area contributed by atoms with Crippen LogP contribution in [0.2, 0.25) is 0 Å². The van der Waals surface area contributed by atoms with Gasteiger partial charge in [0.25, 0.3) is 11.8 Å². The Morgan fingerprint density at radius 2 is 1.84 bits per heavy atom. The van der Waals surface area contributed by atoms with E-state index >= 15 is 0 Å². The van der Waals surface area contributed by atoms with Crippen LogP contribution in [0.4, 0.5) is 0 Å². The number of dihydropyridines is 1. The lowest BCUT2D eigenvalue weighted by molar-refractivity contribution is -0.138. The van der Waals surface area contributed by atoms with E-state index in [1.165, 1.54) is 29.9 Å². The molecule has 2 saturated carbocycles. The first-order valence-electron chi connectivity index (χ1n) is 21.0. The number of amides is 2. The zero-order valence-corrected chi connectivity index (χ0v) is 34.7. The SMILES string of the molecule is CCC1(C=C2OC(=O)C3=C2CCC2C4CCC5(C6=CCC(C)C(NCC(C)O)SSCNC7=CC(=CCN7)C(CN7C(=O)C=CC7=O)C4=C5C(=O)O6)C32)CCCC1. The van der Waals surface area contributed by atoms with Crippen molar-refractivity contribution < 1.29 is 33.8 Å². The third kappa shape index (κ3) is 6.59. The second kappa shape index (κ2) is 15.3. The Morgan fingerprint density at radius 1 is 1.05 bits per heavy atom. The molecule has 4 N–H and O–H groups in total. The third-order valence-corrected chi connectivity index (χ3v) is 17.0. The fourth-order valence-corrected chi connectivity index (χ4v) is 14.1. The normalized spacial score (nSPS) is 35.7. The lowest BCUT2D eigenvalue weighted by Gasteiger charge is -2.57. The molecule has 304 valence electrons. The average Bonchev–Trinajstić information content (AvgIpc) is 3.96. The zero-order valence-electron chi connectivity index (χ0n) is 33.1. The molecule has 3 fully saturated rings. The van der Waals surface area contributed by atoms with Gasteiger partial charge in [-0.2, -0.15) is 0 Å². The van der Waals surface area contributed by atoms with Gasteiger partial charge in [0.1, 0.15) is 11.5 Å². The monoisotopic (exact) mass is 814 g/mol. The number of aliphatic hydroxyl groups is 1. The first-order chi connectivity index (χ1) is 27.5. The van der Waals surface area contributed by atoms with Crippen molar-refractivity contribution in [2.24, 2.45) is 40.4 Å². The highest BCUT2D eigenvalue weighted by Crippen LogP contribution is 2.71. The number of imide groups is 1. The molecule has 10 aliphatic rings. The molecule has 13 heteroatoms. The molecule has 5 aliphatic heterocycles. The maximum atomic E-state index is 14.8. The van der Waals surface area contributed by atoms with E-state index in [0.717, 1.165) is 72.4 Å². The predicted molar refractivity (Wildman–Crippen MR) is 219 cm³/mol. The zero-order chi connectivity index (χ0) is 39.6. The molecule has 57 heavy (non-hydrogen) atoms. The number of nitrogens with one attached hydrogen (secondary N) is 3. The molecule has 0 aromatic rings. The van der Waals surface area contributed by atoms with Crippen LogP contribution < -0.4 is 16.0 Å². The van der Waals surface area contributed by atoms with Gasteiger partial charge in [-0.1, -0.05) is 54.4 Å². The number of ether oxygens (including phenoxy) is 2. The Morgan fingerprint density at radius 3 is 2.60 bits per heavy atom. The largest absolute Gasteiger partial charge is 0.427 e. The summed E-state index contributed by atoms with van der Waals surface area (Å²) in [6, 6.07) is 0. The van der Waals surface area contributed by atoms with Crippen LogP contribution in [0, 0.1) is 40.4 Å². The molecule has 0 aromatic carbocycles. The van der Waals surface area contributed by atoms with E-state index in [-0.39, 0.29) is 58.8 Å². The molecule has 8 unspecified atom stereocenters. The summed E-state index contributed by atoms with van der Waals surface area (Å²) in [6.45, 7) is 7.27. The Hall–Kier alpha value is -3.52. The van der Waals surface area contributed by atoms with Crippen molar-refractivity contribution in [3.05, 3.63) is 81.7 Å². The Balaban J connectivity index is 1.23. The van der Waals surface area contributed by atoms with Gasteiger partial charge in [0.05, 0.1) is 34.2 Å². The van der Waals surface area contributed by atoms with Gasteiger partial charge in [-0.25, -0.2) is 9.59 Å². The fraction of sp³-hybridized carbons (Fsp3) is 0.591. The van der Waals surface area contributed by atoms with Crippen molar-refractivity contribution in [3.8, 4) is 0 Å². The summed E-state index contributed by atoms with van der Waals surface area (Å²) < 4.78 is 12.8. The van der Waals surface area contributed by atoms with Crippen molar-refractivity contribution in [2.45, 2.75) is 96.5 Å². The van der Waals surface area contributed by atoms with Crippen LogP contribution in [-0.2, 0) is 28.7 Å². The Bertz CT molecular complexity index is 1970. The number of nitrogens with zero attached hydrogens (tertiary/aromatic N) is 1. The highest BCUT2D eigenvalue weighted by atomic mass is 33.1. The minimum atomic E-state index is -0.897. The van der Waals surface area contributed by atoms with Gasteiger partial charge in [-0.15, -0.1) is 0 Å². The lowest BCUT2D eigenvalue weighted by Crippen LogP contribution is -2.54. The van der Waals surface area contributed by atoms with E-state index in [2.05, 4.69) is 54.1 Å². The van der Waals surface area contributed by atoms with E-state index in [1.54, 1.807) is 28.5 Å². The molecule has 10 rings (SSSR count). The van der Waals surface area contributed by atoms with Gasteiger partial charge in [-0.05, 0) is 111 Å². The number of rotatable bonds is 7. The van der Waals surface area contributed by atoms with Gasteiger partial charge < -0.3 is 30.5 Å². The van der Waals surface area contributed by atoms with Gasteiger partial charge in [0, 0.05) is 54.8 Å². The molecule has 1 saturated heterocycles. The molecule has 0 radical (unpaired) electrons. The minimum absolute atomic E-state index is 0.00794. The molecule has 0 aromatic heterocycles. The maximum Gasteiger partial charge on any atom is 0.340 e. The molecule has 8 atom stereocenters. The summed E-state index contributed by atoms with van der Waals surface area (Å²) in [4.78, 5) is 56.9. The van der Waals surface area contributed by atoms with Crippen LogP contribution in [0.15, 0.2) is 81.7 Å². The number of aliphatic hydroxyl groups excluding tert-OH is 1. The van der Waals surface area contributed by atoms with Gasteiger partial charge in [0.15, 0.2) is 0 Å². The number of cyclic esters (lactones) is 1. The van der Waals surface area contributed by atoms with Crippen LogP contribution in [0.5, 0.6) is 0 Å². The van der Waals surface area contributed by atoms with E-state index in [1.807, 2.05) is 0 Å². The number of carbonyl (C=O) groups is 4. The Kier molecular flexibility index (Phi) is 10.4. The molecular formula is C44H54N4O7S2. The van der Waals surface area contributed by atoms with Crippen LogP contribution in [-0.4, -0.2) is 70.7 Å². The topological polar surface area (TPSA) is 146 Å². The number of allylic oxidation sites excluding steroid dienone is 5. The van der Waals surface area contributed by atoms with Crippen molar-refractivity contribution in [2.75, 3.05) is 25.5 Å². The van der Waals surface area contributed by atoms with Crippen LogP contribution in [0.25, 0.3) is 0 Å². The van der Waals surface area contributed by atoms with Crippen molar-refractivity contribution in [1.29, 1.82) is 0 Å². The number of carbonyl (C=O) groups excluding carboxylic acids is 4. The van der Waals surface area contributed by atoms with Gasteiger partial charge in [0.2, 0.25) is 0 Å². The predicted octanol–water partition coefficient (Wildman–Crippen LogP) is 6.04. The number of hydrogen-bond donors (Lipinski definition) is 4. The summed E-state index contributed by atoms with van der Waals surface area (Å²) in [5.41, 5.74) is 3.35. The highest BCUT2D eigenvalue weighted by molar-refractivity contribution is 8.76. The summed E-state index contributed by atoms with van der Waals surface area (Å²) in [6.07, 6.45) is 19.8. The Labute approximate surface area is 342 Å². The average molecular weight is 815 g/mol. The van der Waals surface area contributed by atoms with E-state index in [9.17, 15) is 24.3 Å². The number of fused-ring (bicyclic) bond motifs is 2. The van der Waals surface area contributed by atoms with Crippen molar-refractivity contribution in [3.63, 3.8) is 0 Å². The molecule has 5 aliphatic carbocycles. The lowest BCUT2D eigenvalue weighted by atomic mass is 9.43. The van der Waals surface area contributed by atoms with Crippen LogP contribution in [0.3, 0.4) is 0 Å². The summed E-state index contributed by atoms with van der Waals surface area (Å²) in [5, 5.41) is 20.7. The first kappa shape index (κ1) is 39.0. The van der Waals surface area contributed by atoms with Gasteiger partial charge >= 0.3 is 11.9 Å². The first-order valence-corrected chi connectivity index (χ1v) is 23.4. The van der Waals surface area contributed by atoms with E-state index in [4.69, 9.17) is 9.47 Å². The number of esters is 2. The van der Waals surface area contributed by atoms with E-state index < -0.39 is 23.4 Å². The minimum Gasteiger partial charge on any atom is -0.427 e. The highest BCUT2D eigenvalue weighted by Gasteiger charge is 2.69. The van der Waals surface area contributed by atoms with Crippen molar-refractivity contribution in [1.82, 2.24) is 20.9 Å². The molecule has 1 spiro atoms. The van der Waals surface area contributed by atoms with Gasteiger partial charge in [-0.3, -0.25) is 14.5 Å². The molecular weight excluding hydrogens is 761 g/mol.